The van der Waals surface area contributed by atoms with Crippen LogP contribution in [0.3, 0.4) is 0 Å². The minimum Gasteiger partial charge on any atom is -0.488 e. The number of ether oxygens (including phenoxy) is 1. The molecular weight excluding hydrogens is 535 g/mol. The first kappa shape index (κ1) is 29.9. The smallest absolute Gasteiger partial charge is 0.416 e. The van der Waals surface area contributed by atoms with Gasteiger partial charge in [0.25, 0.3) is 0 Å². The van der Waals surface area contributed by atoms with Crippen LogP contribution in [0.4, 0.5) is 18.9 Å². The number of benzene rings is 2. The summed E-state index contributed by atoms with van der Waals surface area (Å²) in [6, 6.07) is 9.93. The molecule has 3 aromatic rings. The van der Waals surface area contributed by atoms with E-state index in [1.165, 1.54) is 18.5 Å². The van der Waals surface area contributed by atoms with Gasteiger partial charge in [-0.15, -0.1) is 0 Å². The first-order valence-electron chi connectivity index (χ1n) is 12.4. The van der Waals surface area contributed by atoms with Crippen LogP contribution >= 0.6 is 11.6 Å². The molecule has 0 amide bonds. The number of carboxylic acids is 1. The third-order valence-corrected chi connectivity index (χ3v) is 6.06. The molecule has 7 nitrogen and oxygen atoms in total. The summed E-state index contributed by atoms with van der Waals surface area (Å²) in [6.07, 6.45) is -0.404. The number of nitrogens with zero attached hydrogens (tertiary/aromatic N) is 2. The van der Waals surface area contributed by atoms with E-state index in [1.807, 2.05) is 0 Å². The number of hydrogen-bond donors (Lipinski definition) is 2. The fourth-order valence-electron chi connectivity index (χ4n) is 3.87. The number of alkyl halides is 3. The number of halogens is 4. The Labute approximate surface area is 229 Å². The second kappa shape index (κ2) is 13.4. The summed E-state index contributed by atoms with van der Waals surface area (Å²) < 4.78 is 44.6. The third-order valence-electron chi connectivity index (χ3n) is 5.74. The Morgan fingerprint density at radius 2 is 1.72 bits per heavy atom. The zero-order chi connectivity index (χ0) is 28.6. The van der Waals surface area contributed by atoms with Crippen molar-refractivity contribution in [3.8, 4) is 17.1 Å². The molecule has 1 heterocycles. The molecular formula is C28H29ClF3N3O4. The fourth-order valence-corrected chi connectivity index (χ4v) is 4.13. The van der Waals surface area contributed by atoms with Crippen LogP contribution in [-0.2, 0) is 11.0 Å². The lowest BCUT2D eigenvalue weighted by Crippen LogP contribution is -2.28. The average Bonchev–Trinajstić information content (AvgIpc) is 2.87. The van der Waals surface area contributed by atoms with Crippen molar-refractivity contribution >= 4 is 29.0 Å². The number of hydrogen-bond acceptors (Lipinski definition) is 6. The van der Waals surface area contributed by atoms with Gasteiger partial charge in [-0.1, -0.05) is 25.4 Å². The zero-order valence-electron chi connectivity index (χ0n) is 21.5. The molecule has 0 bridgehead atoms. The zero-order valence-corrected chi connectivity index (χ0v) is 22.2. The van der Waals surface area contributed by atoms with Gasteiger partial charge in [-0.2, -0.15) is 13.2 Å². The van der Waals surface area contributed by atoms with Crippen LogP contribution in [0, 0.1) is 5.92 Å². The molecule has 2 N–H and O–H groups in total. The molecule has 0 saturated carbocycles. The third kappa shape index (κ3) is 9.24. The largest absolute Gasteiger partial charge is 0.488 e. The minimum absolute atomic E-state index is 0.0428. The molecule has 2 aromatic carbocycles. The molecule has 208 valence electrons. The summed E-state index contributed by atoms with van der Waals surface area (Å²) in [5.74, 6) is -0.102. The van der Waals surface area contributed by atoms with Gasteiger partial charge in [0.2, 0.25) is 0 Å². The quantitative estimate of drug-likeness (QED) is 0.213. The topological polar surface area (TPSA) is 101 Å². The van der Waals surface area contributed by atoms with Gasteiger partial charge >= 0.3 is 12.1 Å². The molecule has 3 rings (SSSR count). The van der Waals surface area contributed by atoms with Crippen LogP contribution in [0.2, 0.25) is 5.02 Å². The van der Waals surface area contributed by atoms with Gasteiger partial charge in [-0.3, -0.25) is 9.59 Å². The monoisotopic (exact) mass is 563 g/mol. The first-order chi connectivity index (χ1) is 18.4. The van der Waals surface area contributed by atoms with E-state index in [-0.39, 0.29) is 47.7 Å². The average molecular weight is 564 g/mol. The lowest BCUT2D eigenvalue weighted by Gasteiger charge is -2.22. The highest BCUT2D eigenvalue weighted by Gasteiger charge is 2.31. The lowest BCUT2D eigenvalue weighted by molar-refractivity contribution is -0.138. The normalized spacial score (nSPS) is 12.3. The molecule has 0 aliphatic rings. The Kier molecular flexibility index (Phi) is 10.3. The van der Waals surface area contributed by atoms with E-state index in [4.69, 9.17) is 21.4 Å². The number of nitrogens with one attached hydrogen (secondary N) is 1. The number of ketones is 1. The van der Waals surface area contributed by atoms with E-state index in [9.17, 15) is 22.8 Å². The number of carbonyl (C=O) groups excluding carboxylic acids is 1. The van der Waals surface area contributed by atoms with Crippen LogP contribution < -0.4 is 10.1 Å². The second-order valence-electron chi connectivity index (χ2n) is 9.46. The molecule has 1 aromatic heterocycles. The van der Waals surface area contributed by atoms with Gasteiger partial charge in [0.15, 0.2) is 17.4 Å². The molecule has 39 heavy (non-hydrogen) atoms. The van der Waals surface area contributed by atoms with Crippen molar-refractivity contribution in [2.75, 3.05) is 11.9 Å². The molecule has 1 atom stereocenters. The first-order valence-corrected chi connectivity index (χ1v) is 12.7. The highest BCUT2D eigenvalue weighted by molar-refractivity contribution is 6.33. The van der Waals surface area contributed by atoms with Crippen LogP contribution in [0.25, 0.3) is 11.4 Å². The number of anilines is 1. The number of rotatable bonds is 13. The predicted octanol–water partition coefficient (Wildman–Crippen LogP) is 7.16. The maximum absolute atomic E-state index is 12.9. The maximum Gasteiger partial charge on any atom is 0.416 e. The van der Waals surface area contributed by atoms with E-state index in [2.05, 4.69) is 29.1 Å². The van der Waals surface area contributed by atoms with Crippen molar-refractivity contribution in [1.82, 2.24) is 9.97 Å². The summed E-state index contributed by atoms with van der Waals surface area (Å²) in [5.41, 5.74) is 0.749. The Bertz CT molecular complexity index is 1270. The van der Waals surface area contributed by atoms with Crippen molar-refractivity contribution < 1.29 is 32.6 Å². The van der Waals surface area contributed by atoms with Gasteiger partial charge in [0, 0.05) is 29.7 Å². The van der Waals surface area contributed by atoms with E-state index in [0.717, 1.165) is 24.2 Å². The molecule has 11 heteroatoms. The Morgan fingerprint density at radius 1 is 1.05 bits per heavy atom. The summed E-state index contributed by atoms with van der Waals surface area (Å²) in [5, 5.41) is 12.0. The molecule has 0 spiro atoms. The van der Waals surface area contributed by atoms with Crippen LogP contribution in [0.15, 0.2) is 54.9 Å². The molecule has 0 unspecified atom stereocenters. The van der Waals surface area contributed by atoms with Crippen molar-refractivity contribution in [2.24, 2.45) is 5.92 Å². The summed E-state index contributed by atoms with van der Waals surface area (Å²) in [7, 11) is 0. The van der Waals surface area contributed by atoms with Crippen molar-refractivity contribution in [2.45, 2.75) is 51.7 Å². The van der Waals surface area contributed by atoms with Crippen molar-refractivity contribution in [1.29, 1.82) is 0 Å². The maximum atomic E-state index is 12.9. The van der Waals surface area contributed by atoms with Gasteiger partial charge < -0.3 is 15.2 Å². The van der Waals surface area contributed by atoms with E-state index in [0.29, 0.717) is 23.7 Å². The summed E-state index contributed by atoms with van der Waals surface area (Å²) in [6.45, 7) is 4.45. The number of Topliss-reactive ketones (excluding diaryl/α,β-unsaturated/α-hetero) is 1. The highest BCUT2D eigenvalue weighted by atomic mass is 35.5. The van der Waals surface area contributed by atoms with Crippen LogP contribution in [-0.4, -0.2) is 39.5 Å². The summed E-state index contributed by atoms with van der Waals surface area (Å²) in [4.78, 5) is 31.3. The van der Waals surface area contributed by atoms with Crippen LogP contribution in [0.1, 0.15) is 55.5 Å². The van der Waals surface area contributed by atoms with Gasteiger partial charge in [0.1, 0.15) is 6.61 Å². The van der Waals surface area contributed by atoms with Crippen molar-refractivity contribution in [3.05, 3.63) is 71.0 Å². The van der Waals surface area contributed by atoms with Crippen LogP contribution in [0.5, 0.6) is 5.75 Å². The molecule has 0 aliphatic heterocycles. The summed E-state index contributed by atoms with van der Waals surface area (Å²) >= 11 is 6.04. The number of carbonyl (C=O) groups is 2. The van der Waals surface area contributed by atoms with Crippen molar-refractivity contribution in [3.63, 3.8) is 0 Å². The predicted molar refractivity (Wildman–Crippen MR) is 142 cm³/mol. The van der Waals surface area contributed by atoms with Gasteiger partial charge in [0.05, 0.1) is 29.0 Å². The Morgan fingerprint density at radius 3 is 2.28 bits per heavy atom. The number of aromatic nitrogens is 2. The molecule has 0 radical (unpaired) electrons. The molecule has 0 aliphatic carbocycles. The van der Waals surface area contributed by atoms with Gasteiger partial charge in [-0.05, 0) is 61.2 Å². The molecule has 0 fully saturated rings. The Balaban J connectivity index is 1.60. The van der Waals surface area contributed by atoms with Gasteiger partial charge in [-0.25, -0.2) is 9.97 Å². The second-order valence-corrected chi connectivity index (χ2v) is 9.87. The van der Waals surface area contributed by atoms with E-state index < -0.39 is 17.7 Å². The fraction of sp³-hybridized carbons (Fsp3) is 0.357. The SMILES string of the molecule is CC(C)C[C@@H](COc1cnc(-c2ccc(C(F)(F)F)cc2Cl)nc1)Nc1ccc(C(=O)CCCC(=O)O)cc1. The van der Waals surface area contributed by atoms with E-state index in [1.54, 1.807) is 24.3 Å². The standard InChI is InChI=1S/C28H29ClF3N3O4/c1-17(2)12-21(35-20-9-6-18(7-10-20)25(36)4-3-5-26(37)38)16-39-22-14-33-27(34-15-22)23-11-8-19(13-24(23)29)28(30,31)32/h6-11,13-15,17,21,35H,3-5,12,16H2,1-2H3,(H,37,38)/t21-/m0/s1. The molecule has 0 saturated heterocycles. The minimum atomic E-state index is -4.50. The number of carboxylic acid groups (broad SMARTS) is 1. The lowest BCUT2D eigenvalue weighted by atomic mass is 10.0. The number of aliphatic carboxylic acids is 1. The highest BCUT2D eigenvalue weighted by Crippen LogP contribution is 2.34. The Hall–Kier alpha value is -3.66. The van der Waals surface area contributed by atoms with E-state index >= 15 is 0 Å².